The summed E-state index contributed by atoms with van der Waals surface area (Å²) in [7, 11) is 0. The summed E-state index contributed by atoms with van der Waals surface area (Å²) in [5.41, 5.74) is 0.100. The SMILES string of the molecule is CC(CNc1ncc(C(=O)O)cc1Cl)N1CCCC1. The number of carboxylic acid groups (broad SMARTS) is 1. The zero-order valence-corrected chi connectivity index (χ0v) is 11.7. The maximum atomic E-state index is 10.8. The van der Waals surface area contributed by atoms with Gasteiger partial charge in [-0.15, -0.1) is 0 Å². The minimum Gasteiger partial charge on any atom is -0.478 e. The number of nitrogens with one attached hydrogen (secondary N) is 1. The molecule has 1 fully saturated rings. The van der Waals surface area contributed by atoms with Crippen molar-refractivity contribution in [1.82, 2.24) is 9.88 Å². The predicted octanol–water partition coefficient (Wildman–Crippen LogP) is 2.33. The zero-order valence-electron chi connectivity index (χ0n) is 10.9. The first-order chi connectivity index (χ1) is 9.08. The van der Waals surface area contributed by atoms with Gasteiger partial charge in [0, 0.05) is 18.8 Å². The molecule has 1 aromatic heterocycles. The summed E-state index contributed by atoms with van der Waals surface area (Å²) < 4.78 is 0. The molecule has 104 valence electrons. The molecule has 19 heavy (non-hydrogen) atoms. The van der Waals surface area contributed by atoms with E-state index in [1.54, 1.807) is 0 Å². The number of pyridine rings is 1. The van der Waals surface area contributed by atoms with Crippen LogP contribution in [0.1, 0.15) is 30.1 Å². The van der Waals surface area contributed by atoms with Gasteiger partial charge in [-0.3, -0.25) is 4.90 Å². The maximum absolute atomic E-state index is 10.8. The third kappa shape index (κ3) is 3.58. The molecule has 0 spiro atoms. The molecule has 5 nitrogen and oxygen atoms in total. The summed E-state index contributed by atoms with van der Waals surface area (Å²) in [6.07, 6.45) is 3.84. The second kappa shape index (κ2) is 6.21. The minimum atomic E-state index is -1.02. The summed E-state index contributed by atoms with van der Waals surface area (Å²) >= 11 is 6.01. The number of halogens is 1. The molecule has 0 bridgehead atoms. The topological polar surface area (TPSA) is 65.5 Å². The van der Waals surface area contributed by atoms with E-state index in [9.17, 15) is 4.79 Å². The van der Waals surface area contributed by atoms with Gasteiger partial charge in [0.1, 0.15) is 5.82 Å². The molecular weight excluding hydrogens is 266 g/mol. The normalized spacial score (nSPS) is 17.4. The molecule has 2 heterocycles. The summed E-state index contributed by atoms with van der Waals surface area (Å²) in [5, 5.41) is 12.4. The highest BCUT2D eigenvalue weighted by Crippen LogP contribution is 2.20. The van der Waals surface area contributed by atoms with Crippen LogP contribution >= 0.6 is 11.6 Å². The van der Waals surface area contributed by atoms with Crippen molar-refractivity contribution in [2.75, 3.05) is 25.0 Å². The summed E-state index contributed by atoms with van der Waals surface area (Å²) in [5.74, 6) is -0.482. The van der Waals surface area contributed by atoms with Crippen LogP contribution in [0.2, 0.25) is 5.02 Å². The van der Waals surface area contributed by atoms with Gasteiger partial charge >= 0.3 is 5.97 Å². The molecule has 1 aliphatic rings. The Labute approximate surface area is 117 Å². The average Bonchev–Trinajstić information content (AvgIpc) is 2.90. The first kappa shape index (κ1) is 14.1. The van der Waals surface area contributed by atoms with Crippen LogP contribution in [0.25, 0.3) is 0 Å². The Kier molecular flexibility index (Phi) is 4.61. The molecule has 1 saturated heterocycles. The van der Waals surface area contributed by atoms with Crippen molar-refractivity contribution >= 4 is 23.4 Å². The predicted molar refractivity (Wildman–Crippen MR) is 75.0 cm³/mol. The summed E-state index contributed by atoms with van der Waals surface area (Å²) in [6.45, 7) is 5.20. The Balaban J connectivity index is 1.93. The Morgan fingerprint density at radius 2 is 2.26 bits per heavy atom. The Hall–Kier alpha value is -1.33. The minimum absolute atomic E-state index is 0.100. The fourth-order valence-electron chi connectivity index (χ4n) is 2.24. The third-order valence-electron chi connectivity index (χ3n) is 3.42. The highest BCUT2D eigenvalue weighted by Gasteiger charge is 2.18. The Bertz CT molecular complexity index is 461. The first-order valence-electron chi connectivity index (χ1n) is 6.44. The van der Waals surface area contributed by atoms with Crippen molar-refractivity contribution < 1.29 is 9.90 Å². The standard InChI is InChI=1S/C13H18ClN3O2/c1-9(17-4-2-3-5-17)7-15-12-11(14)6-10(8-16-12)13(18)19/h6,8-9H,2-5,7H2,1H3,(H,15,16)(H,18,19). The molecule has 2 rings (SSSR count). The largest absolute Gasteiger partial charge is 0.478 e. The number of rotatable bonds is 5. The smallest absolute Gasteiger partial charge is 0.337 e. The second-order valence-corrected chi connectivity index (χ2v) is 5.24. The van der Waals surface area contributed by atoms with Crippen molar-refractivity contribution in [2.45, 2.75) is 25.8 Å². The fourth-order valence-corrected chi connectivity index (χ4v) is 2.47. The number of carbonyl (C=O) groups is 1. The number of hydrogen-bond donors (Lipinski definition) is 2. The van der Waals surface area contributed by atoms with Gasteiger partial charge in [0.25, 0.3) is 0 Å². The van der Waals surface area contributed by atoms with Gasteiger partial charge in [0.05, 0.1) is 10.6 Å². The maximum Gasteiger partial charge on any atom is 0.337 e. The monoisotopic (exact) mass is 283 g/mol. The molecule has 0 amide bonds. The highest BCUT2D eigenvalue weighted by atomic mass is 35.5. The lowest BCUT2D eigenvalue weighted by Gasteiger charge is -2.24. The van der Waals surface area contributed by atoms with Crippen molar-refractivity contribution in [2.24, 2.45) is 0 Å². The van der Waals surface area contributed by atoms with Gasteiger partial charge in [-0.2, -0.15) is 0 Å². The number of nitrogens with zero attached hydrogens (tertiary/aromatic N) is 2. The van der Waals surface area contributed by atoms with Gasteiger partial charge < -0.3 is 10.4 Å². The quantitative estimate of drug-likeness (QED) is 0.868. The lowest BCUT2D eigenvalue weighted by molar-refractivity contribution is 0.0696. The van der Waals surface area contributed by atoms with E-state index in [4.69, 9.17) is 16.7 Å². The number of anilines is 1. The molecular formula is C13H18ClN3O2. The molecule has 2 N–H and O–H groups in total. The van der Waals surface area contributed by atoms with Crippen LogP contribution in [0.5, 0.6) is 0 Å². The first-order valence-corrected chi connectivity index (χ1v) is 6.82. The number of carboxylic acids is 1. The number of hydrogen-bond acceptors (Lipinski definition) is 4. The van der Waals surface area contributed by atoms with Gasteiger partial charge in [0.2, 0.25) is 0 Å². The van der Waals surface area contributed by atoms with Gasteiger partial charge in [-0.05, 0) is 38.9 Å². The van der Waals surface area contributed by atoms with Gasteiger partial charge in [0.15, 0.2) is 0 Å². The molecule has 1 atom stereocenters. The second-order valence-electron chi connectivity index (χ2n) is 4.83. The van der Waals surface area contributed by atoms with E-state index < -0.39 is 5.97 Å². The van der Waals surface area contributed by atoms with E-state index in [0.717, 1.165) is 19.6 Å². The molecule has 1 aliphatic heterocycles. The zero-order chi connectivity index (χ0) is 13.8. The van der Waals surface area contributed by atoms with Crippen molar-refractivity contribution in [3.8, 4) is 0 Å². The van der Waals surface area contributed by atoms with Gasteiger partial charge in [-0.25, -0.2) is 9.78 Å². The van der Waals surface area contributed by atoms with E-state index in [2.05, 4.69) is 22.1 Å². The Morgan fingerprint density at radius 1 is 1.58 bits per heavy atom. The van der Waals surface area contributed by atoms with Crippen molar-refractivity contribution in [1.29, 1.82) is 0 Å². The van der Waals surface area contributed by atoms with E-state index in [1.165, 1.54) is 25.1 Å². The lowest BCUT2D eigenvalue weighted by Crippen LogP contribution is -2.35. The van der Waals surface area contributed by atoms with Crippen LogP contribution in [-0.4, -0.2) is 46.6 Å². The van der Waals surface area contributed by atoms with E-state index in [0.29, 0.717) is 16.9 Å². The van der Waals surface area contributed by atoms with E-state index in [1.807, 2.05) is 0 Å². The number of likely N-dealkylation sites (tertiary alicyclic amines) is 1. The summed E-state index contributed by atoms with van der Waals surface area (Å²) in [4.78, 5) is 17.3. The van der Waals surface area contributed by atoms with E-state index >= 15 is 0 Å². The third-order valence-corrected chi connectivity index (χ3v) is 3.71. The van der Waals surface area contributed by atoms with Crippen LogP contribution < -0.4 is 5.32 Å². The number of aromatic carboxylic acids is 1. The molecule has 0 saturated carbocycles. The molecule has 0 aromatic carbocycles. The van der Waals surface area contributed by atoms with Gasteiger partial charge in [-0.1, -0.05) is 11.6 Å². The average molecular weight is 284 g/mol. The number of aromatic nitrogens is 1. The van der Waals surface area contributed by atoms with E-state index in [-0.39, 0.29) is 5.56 Å². The van der Waals surface area contributed by atoms with Crippen LogP contribution in [-0.2, 0) is 0 Å². The van der Waals surface area contributed by atoms with Crippen LogP contribution in [0.3, 0.4) is 0 Å². The fraction of sp³-hybridized carbons (Fsp3) is 0.538. The molecule has 1 aromatic rings. The molecule has 1 unspecified atom stereocenters. The highest BCUT2D eigenvalue weighted by molar-refractivity contribution is 6.33. The van der Waals surface area contributed by atoms with Crippen molar-refractivity contribution in [3.05, 3.63) is 22.8 Å². The lowest BCUT2D eigenvalue weighted by atomic mass is 10.2. The van der Waals surface area contributed by atoms with Crippen LogP contribution in [0.15, 0.2) is 12.3 Å². The Morgan fingerprint density at radius 3 is 2.84 bits per heavy atom. The van der Waals surface area contributed by atoms with Crippen LogP contribution in [0, 0.1) is 0 Å². The van der Waals surface area contributed by atoms with Crippen molar-refractivity contribution in [3.63, 3.8) is 0 Å². The molecule has 6 heteroatoms. The summed E-state index contributed by atoms with van der Waals surface area (Å²) in [6, 6.07) is 1.83. The van der Waals surface area contributed by atoms with Crippen LogP contribution in [0.4, 0.5) is 5.82 Å². The molecule has 0 radical (unpaired) electrons. The molecule has 0 aliphatic carbocycles.